The first kappa shape index (κ1) is 23.5. The summed E-state index contributed by atoms with van der Waals surface area (Å²) in [5, 5.41) is 11.6. The van der Waals surface area contributed by atoms with Crippen LogP contribution in [-0.4, -0.2) is 44.8 Å². The van der Waals surface area contributed by atoms with Crippen LogP contribution in [0.3, 0.4) is 0 Å². The van der Waals surface area contributed by atoms with Gasteiger partial charge in [-0.15, -0.1) is 0 Å². The molecule has 0 radical (unpaired) electrons. The van der Waals surface area contributed by atoms with Crippen molar-refractivity contribution in [2.45, 2.75) is 17.4 Å². The van der Waals surface area contributed by atoms with Gasteiger partial charge in [-0.3, -0.25) is 5.32 Å². The molecule has 3 rings (SSSR count). The van der Waals surface area contributed by atoms with Gasteiger partial charge in [0.15, 0.2) is 5.17 Å². The third-order valence-electron chi connectivity index (χ3n) is 4.76. The lowest BCUT2D eigenvalue weighted by Gasteiger charge is -2.22. The SMILES string of the molecule is COC(=O)NC(=NC1C=CC(S(=O)(=O)c2ccccc2)=C(Cc2ccccc2)C1=N)SC. The van der Waals surface area contributed by atoms with E-state index < -0.39 is 22.0 Å². The number of allylic oxidation sites excluding steroid dienone is 1. The van der Waals surface area contributed by atoms with Crippen molar-refractivity contribution in [2.75, 3.05) is 13.4 Å². The minimum absolute atomic E-state index is 0.0593. The first-order chi connectivity index (χ1) is 15.4. The number of carbonyl (C=O) groups excluding carboxylic acids is 1. The van der Waals surface area contributed by atoms with Crippen LogP contribution >= 0.6 is 11.8 Å². The summed E-state index contributed by atoms with van der Waals surface area (Å²) < 4.78 is 31.4. The molecule has 2 N–H and O–H groups in total. The monoisotopic (exact) mass is 469 g/mol. The fourth-order valence-corrected chi connectivity index (χ4v) is 5.09. The molecule has 1 aliphatic rings. The summed E-state index contributed by atoms with van der Waals surface area (Å²) in [6.45, 7) is 0. The number of methoxy groups -OCH3 is 1. The Hall–Kier alpha value is -3.17. The molecule has 1 atom stereocenters. The Bertz CT molecular complexity index is 1190. The molecule has 0 heterocycles. The second-order valence-electron chi connectivity index (χ2n) is 6.79. The molecule has 2 aromatic rings. The Morgan fingerprint density at radius 1 is 1.12 bits per heavy atom. The fourth-order valence-electron chi connectivity index (χ4n) is 3.16. The van der Waals surface area contributed by atoms with Gasteiger partial charge in [0, 0.05) is 6.42 Å². The minimum Gasteiger partial charge on any atom is -0.453 e. The van der Waals surface area contributed by atoms with E-state index in [-0.39, 0.29) is 27.1 Å². The van der Waals surface area contributed by atoms with E-state index in [1.54, 1.807) is 30.5 Å². The quantitative estimate of drug-likeness (QED) is 0.508. The van der Waals surface area contributed by atoms with Crippen LogP contribution in [0.2, 0.25) is 0 Å². The molecule has 0 aliphatic heterocycles. The van der Waals surface area contributed by atoms with Crippen molar-refractivity contribution >= 4 is 38.6 Å². The Labute approximate surface area is 191 Å². The number of ether oxygens (including phenoxy) is 1. The average Bonchev–Trinajstić information content (AvgIpc) is 2.82. The lowest BCUT2D eigenvalue weighted by molar-refractivity contribution is 0.177. The number of nitrogens with one attached hydrogen (secondary N) is 2. The van der Waals surface area contributed by atoms with Crippen molar-refractivity contribution in [3.8, 4) is 0 Å². The van der Waals surface area contributed by atoms with E-state index in [1.807, 2.05) is 30.3 Å². The number of alkyl carbamates (subject to hydrolysis) is 1. The van der Waals surface area contributed by atoms with E-state index in [0.717, 1.165) is 5.56 Å². The smallest absolute Gasteiger partial charge is 0.412 e. The molecular weight excluding hydrogens is 446 g/mol. The maximum atomic E-state index is 13.4. The highest BCUT2D eigenvalue weighted by atomic mass is 32.2. The van der Waals surface area contributed by atoms with Crippen molar-refractivity contribution in [3.63, 3.8) is 0 Å². The summed E-state index contributed by atoms with van der Waals surface area (Å²) in [4.78, 5) is 16.2. The van der Waals surface area contributed by atoms with Gasteiger partial charge in [-0.25, -0.2) is 18.2 Å². The largest absolute Gasteiger partial charge is 0.453 e. The molecule has 1 amide bonds. The zero-order valence-corrected chi connectivity index (χ0v) is 19.2. The number of sulfone groups is 1. The van der Waals surface area contributed by atoms with Gasteiger partial charge >= 0.3 is 6.09 Å². The summed E-state index contributed by atoms with van der Waals surface area (Å²) in [5.74, 6) is 0. The van der Waals surface area contributed by atoms with Gasteiger partial charge in [0.2, 0.25) is 9.84 Å². The molecule has 0 fully saturated rings. The molecule has 0 bridgehead atoms. The highest BCUT2D eigenvalue weighted by Crippen LogP contribution is 2.30. The van der Waals surface area contributed by atoms with Gasteiger partial charge in [-0.05, 0) is 35.6 Å². The van der Waals surface area contributed by atoms with Crippen LogP contribution in [0.25, 0.3) is 0 Å². The van der Waals surface area contributed by atoms with Crippen molar-refractivity contribution in [2.24, 2.45) is 4.99 Å². The molecule has 9 heteroatoms. The molecule has 7 nitrogen and oxygen atoms in total. The van der Waals surface area contributed by atoms with Gasteiger partial charge < -0.3 is 10.1 Å². The van der Waals surface area contributed by atoms with Gasteiger partial charge in [0.1, 0.15) is 6.04 Å². The number of thioether (sulfide) groups is 1. The van der Waals surface area contributed by atoms with E-state index >= 15 is 0 Å². The summed E-state index contributed by atoms with van der Waals surface area (Å²) in [6, 6.07) is 16.8. The van der Waals surface area contributed by atoms with Gasteiger partial charge in [-0.2, -0.15) is 0 Å². The molecule has 0 saturated carbocycles. The van der Waals surface area contributed by atoms with Crippen LogP contribution in [0.1, 0.15) is 5.56 Å². The number of aliphatic imine (C=N–C) groups is 1. The van der Waals surface area contributed by atoms with E-state index in [1.165, 1.54) is 37.1 Å². The highest BCUT2D eigenvalue weighted by molar-refractivity contribution is 8.13. The lowest BCUT2D eigenvalue weighted by atomic mass is 9.93. The fraction of sp³-hybridized carbons (Fsp3) is 0.174. The predicted molar refractivity (Wildman–Crippen MR) is 128 cm³/mol. The first-order valence-corrected chi connectivity index (χ1v) is 12.4. The molecule has 0 aromatic heterocycles. The average molecular weight is 470 g/mol. The van der Waals surface area contributed by atoms with E-state index in [2.05, 4.69) is 15.0 Å². The lowest BCUT2D eigenvalue weighted by Crippen LogP contribution is -2.32. The van der Waals surface area contributed by atoms with Crippen LogP contribution in [0.5, 0.6) is 0 Å². The molecule has 1 aliphatic carbocycles. The molecule has 0 spiro atoms. The predicted octanol–water partition coefficient (Wildman–Crippen LogP) is 3.99. The van der Waals surface area contributed by atoms with Crippen LogP contribution in [-0.2, 0) is 21.0 Å². The Morgan fingerprint density at radius 2 is 1.75 bits per heavy atom. The number of amidine groups is 1. The minimum atomic E-state index is -3.84. The van der Waals surface area contributed by atoms with E-state index in [0.29, 0.717) is 5.57 Å². The van der Waals surface area contributed by atoms with Crippen LogP contribution in [0.15, 0.2) is 93.2 Å². The van der Waals surface area contributed by atoms with Crippen LogP contribution < -0.4 is 5.32 Å². The Morgan fingerprint density at radius 3 is 2.34 bits per heavy atom. The zero-order chi connectivity index (χ0) is 23.1. The first-order valence-electron chi connectivity index (χ1n) is 9.67. The normalized spacial score (nSPS) is 16.8. The molecule has 32 heavy (non-hydrogen) atoms. The van der Waals surface area contributed by atoms with Gasteiger partial charge in [0.25, 0.3) is 0 Å². The third-order valence-corrected chi connectivity index (χ3v) is 7.21. The second kappa shape index (κ2) is 10.4. The molecule has 0 saturated heterocycles. The third kappa shape index (κ3) is 5.35. The number of hydrogen-bond donors (Lipinski definition) is 2. The van der Waals surface area contributed by atoms with Gasteiger partial charge in [-0.1, -0.05) is 66.4 Å². The van der Waals surface area contributed by atoms with Crippen LogP contribution in [0.4, 0.5) is 4.79 Å². The topological polar surface area (TPSA) is 109 Å². The summed E-state index contributed by atoms with van der Waals surface area (Å²) >= 11 is 1.19. The number of amides is 1. The van der Waals surface area contributed by atoms with E-state index in [9.17, 15) is 13.2 Å². The van der Waals surface area contributed by atoms with Crippen molar-refractivity contribution in [3.05, 3.63) is 88.9 Å². The number of hydrogen-bond acceptors (Lipinski definition) is 7. The maximum Gasteiger partial charge on any atom is 0.412 e. The van der Waals surface area contributed by atoms with Crippen molar-refractivity contribution in [1.29, 1.82) is 5.41 Å². The Kier molecular flexibility index (Phi) is 7.66. The number of benzene rings is 2. The summed E-state index contributed by atoms with van der Waals surface area (Å²) in [6.07, 6.45) is 4.38. The molecule has 2 aromatic carbocycles. The molecular formula is C23H23N3O4S2. The summed E-state index contributed by atoms with van der Waals surface area (Å²) in [7, 11) is -2.59. The van der Waals surface area contributed by atoms with Crippen LogP contribution in [0, 0.1) is 5.41 Å². The standard InChI is InChI=1S/C23H23N3O4S2/c1-30-23(27)26-22(31-2)25-19-13-14-20(32(28,29)17-11-7-4-8-12-17)18(21(19)24)15-16-9-5-3-6-10-16/h3-14,19,24H,15H2,1-2H3,(H,25,26,27). The van der Waals surface area contributed by atoms with E-state index in [4.69, 9.17) is 5.41 Å². The zero-order valence-electron chi connectivity index (χ0n) is 17.6. The van der Waals surface area contributed by atoms with Crippen molar-refractivity contribution in [1.82, 2.24) is 5.32 Å². The van der Waals surface area contributed by atoms with Crippen molar-refractivity contribution < 1.29 is 17.9 Å². The number of nitrogens with zero attached hydrogens (tertiary/aromatic N) is 1. The number of carbonyl (C=O) groups is 1. The maximum absolute atomic E-state index is 13.4. The number of rotatable bonds is 5. The highest BCUT2D eigenvalue weighted by Gasteiger charge is 2.30. The summed E-state index contributed by atoms with van der Waals surface area (Å²) in [5.41, 5.74) is 1.31. The van der Waals surface area contributed by atoms with Gasteiger partial charge in [0.05, 0.1) is 22.6 Å². The second-order valence-corrected chi connectivity index (χ2v) is 9.51. The molecule has 166 valence electrons. The molecule has 1 unspecified atom stereocenters. The Balaban J connectivity index is 2.06.